The number of hydrogen-bond donors (Lipinski definition) is 0. The molecule has 1 aliphatic heterocycles. The molecule has 19 heavy (non-hydrogen) atoms. The van der Waals surface area contributed by atoms with Crippen LogP contribution in [-0.2, 0) is 9.47 Å². The van der Waals surface area contributed by atoms with Gasteiger partial charge in [-0.25, -0.2) is 0 Å². The fraction of sp³-hybridized carbons (Fsp3) is 0.400. The van der Waals surface area contributed by atoms with Crippen LogP contribution in [-0.4, -0.2) is 26.5 Å². The van der Waals surface area contributed by atoms with Crippen molar-refractivity contribution in [1.29, 1.82) is 0 Å². The maximum atomic E-state index is 6.12. The van der Waals surface area contributed by atoms with E-state index < -0.39 is 0 Å². The molecule has 0 aromatic rings. The van der Waals surface area contributed by atoms with Gasteiger partial charge in [-0.1, -0.05) is 31.5 Å². The Morgan fingerprint density at radius 2 is 2.32 bits per heavy atom. The fourth-order valence-electron chi connectivity index (χ4n) is 1.51. The highest BCUT2D eigenvalue weighted by Crippen LogP contribution is 2.21. The summed E-state index contributed by atoms with van der Waals surface area (Å²) in [6.07, 6.45) is 9.03. The van der Waals surface area contributed by atoms with Crippen molar-refractivity contribution in [2.45, 2.75) is 19.8 Å². The second-order valence-electron chi connectivity index (χ2n) is 4.01. The number of unbranched alkanes of at least 4 members (excludes halogenated alkanes) is 1. The van der Waals surface area contributed by atoms with Crippen LogP contribution >= 0.6 is 11.6 Å². The number of nitrogens with zero attached hydrogens (tertiary/aromatic N) is 1. The van der Waals surface area contributed by atoms with Crippen molar-refractivity contribution in [3.05, 3.63) is 46.9 Å². The molecule has 4 heteroatoms. The summed E-state index contributed by atoms with van der Waals surface area (Å²) >= 11 is 6.12. The van der Waals surface area contributed by atoms with Crippen molar-refractivity contribution in [2.24, 2.45) is 4.99 Å². The molecular formula is C15H20ClNO2. The highest BCUT2D eigenvalue weighted by atomic mass is 35.5. The summed E-state index contributed by atoms with van der Waals surface area (Å²) in [4.78, 5) is 4.16. The van der Waals surface area contributed by atoms with Crippen LogP contribution in [0.2, 0.25) is 0 Å². The Kier molecular flexibility index (Phi) is 7.04. The zero-order chi connectivity index (χ0) is 14.1. The highest BCUT2D eigenvalue weighted by molar-refractivity contribution is 6.33. The minimum atomic E-state index is 0.543. The van der Waals surface area contributed by atoms with Gasteiger partial charge >= 0.3 is 0 Å². The van der Waals surface area contributed by atoms with Crippen molar-refractivity contribution in [2.75, 3.05) is 20.3 Å². The van der Waals surface area contributed by atoms with E-state index in [1.165, 1.54) is 0 Å². The summed E-state index contributed by atoms with van der Waals surface area (Å²) in [5.41, 5.74) is 0.902. The lowest BCUT2D eigenvalue weighted by Gasteiger charge is -2.12. The molecule has 0 amide bonds. The summed E-state index contributed by atoms with van der Waals surface area (Å²) in [6.45, 7) is 7.06. The standard InChI is InChI=1S/C15H20ClNO2/c1-4-6-9-19-14(5-2)15(18-3)10-12-11-17-8-7-13(12)16/h5,7-8,10H,2,4,6,9,11H2,1,3H3/b12-10+,15-14-. The quantitative estimate of drug-likeness (QED) is 0.401. The minimum absolute atomic E-state index is 0.543. The van der Waals surface area contributed by atoms with Gasteiger partial charge in [0.2, 0.25) is 0 Å². The molecule has 0 spiro atoms. The van der Waals surface area contributed by atoms with Crippen LogP contribution in [0.3, 0.4) is 0 Å². The third-order valence-electron chi connectivity index (χ3n) is 2.60. The van der Waals surface area contributed by atoms with E-state index in [4.69, 9.17) is 21.1 Å². The van der Waals surface area contributed by atoms with E-state index in [0.717, 1.165) is 18.4 Å². The van der Waals surface area contributed by atoms with Crippen LogP contribution < -0.4 is 0 Å². The first-order valence-corrected chi connectivity index (χ1v) is 6.70. The van der Waals surface area contributed by atoms with Gasteiger partial charge in [0.15, 0.2) is 11.5 Å². The molecule has 0 atom stereocenters. The second kappa shape index (κ2) is 8.59. The number of aliphatic imine (C=N–C) groups is 1. The Bertz CT molecular complexity index is 433. The lowest BCUT2D eigenvalue weighted by atomic mass is 10.1. The fourth-order valence-corrected chi connectivity index (χ4v) is 1.68. The zero-order valence-corrected chi connectivity index (χ0v) is 12.2. The Hall–Kier alpha value is -1.48. The second-order valence-corrected chi connectivity index (χ2v) is 4.42. The molecule has 3 nitrogen and oxygen atoms in total. The van der Waals surface area contributed by atoms with Gasteiger partial charge in [0.25, 0.3) is 0 Å². The number of dihydropyridines is 1. The molecule has 1 rings (SSSR count). The number of halogens is 1. The molecule has 0 bridgehead atoms. The zero-order valence-electron chi connectivity index (χ0n) is 11.5. The van der Waals surface area contributed by atoms with E-state index in [9.17, 15) is 0 Å². The van der Waals surface area contributed by atoms with E-state index >= 15 is 0 Å². The maximum absolute atomic E-state index is 6.12. The van der Waals surface area contributed by atoms with Gasteiger partial charge in [0.05, 0.1) is 20.3 Å². The molecule has 0 unspecified atom stereocenters. The number of methoxy groups -OCH3 is 1. The van der Waals surface area contributed by atoms with Gasteiger partial charge in [-0.2, -0.15) is 0 Å². The van der Waals surface area contributed by atoms with E-state index in [0.29, 0.717) is 29.7 Å². The SMILES string of the molecule is C=C/C(OCCCC)=C(\C=C1/CN=CC=C1Cl)OC. The summed E-state index contributed by atoms with van der Waals surface area (Å²) in [7, 11) is 1.60. The smallest absolute Gasteiger partial charge is 0.161 e. The third kappa shape index (κ3) is 4.95. The van der Waals surface area contributed by atoms with Gasteiger partial charge in [-0.3, -0.25) is 4.99 Å². The van der Waals surface area contributed by atoms with E-state index in [2.05, 4.69) is 18.5 Å². The van der Waals surface area contributed by atoms with Crippen LogP contribution in [0.5, 0.6) is 0 Å². The molecule has 0 fully saturated rings. The summed E-state index contributed by atoms with van der Waals surface area (Å²) in [5.74, 6) is 1.24. The molecule has 1 aliphatic rings. The number of allylic oxidation sites excluding steroid dienone is 3. The van der Waals surface area contributed by atoms with Crippen LogP contribution in [0.4, 0.5) is 0 Å². The van der Waals surface area contributed by atoms with Crippen LogP contribution in [0, 0.1) is 0 Å². The van der Waals surface area contributed by atoms with Gasteiger partial charge < -0.3 is 9.47 Å². The topological polar surface area (TPSA) is 30.8 Å². The number of ether oxygens (including phenoxy) is 2. The molecule has 0 saturated heterocycles. The first-order chi connectivity index (χ1) is 9.22. The Morgan fingerprint density at radius 3 is 2.89 bits per heavy atom. The van der Waals surface area contributed by atoms with Gasteiger partial charge in [0, 0.05) is 11.2 Å². The molecule has 0 saturated carbocycles. The van der Waals surface area contributed by atoms with Gasteiger partial charge in [0.1, 0.15) is 0 Å². The van der Waals surface area contributed by atoms with E-state index in [1.54, 1.807) is 25.5 Å². The lowest BCUT2D eigenvalue weighted by Crippen LogP contribution is -2.01. The minimum Gasteiger partial charge on any atom is -0.493 e. The maximum Gasteiger partial charge on any atom is 0.161 e. The van der Waals surface area contributed by atoms with Crippen molar-refractivity contribution in [3.63, 3.8) is 0 Å². The van der Waals surface area contributed by atoms with Crippen molar-refractivity contribution >= 4 is 17.8 Å². The van der Waals surface area contributed by atoms with E-state index in [1.807, 2.05) is 6.08 Å². The molecule has 0 aromatic heterocycles. The number of rotatable bonds is 7. The Morgan fingerprint density at radius 1 is 1.53 bits per heavy atom. The predicted octanol–water partition coefficient (Wildman–Crippen LogP) is 3.98. The molecule has 0 radical (unpaired) electrons. The van der Waals surface area contributed by atoms with Crippen LogP contribution in [0.15, 0.2) is 51.9 Å². The highest BCUT2D eigenvalue weighted by Gasteiger charge is 2.09. The summed E-state index contributed by atoms with van der Waals surface area (Å²) in [5, 5.41) is 0.668. The molecule has 0 aromatic carbocycles. The first-order valence-electron chi connectivity index (χ1n) is 6.33. The van der Waals surface area contributed by atoms with Crippen LogP contribution in [0.1, 0.15) is 19.8 Å². The predicted molar refractivity (Wildman–Crippen MR) is 80.5 cm³/mol. The molecule has 0 aliphatic carbocycles. The lowest BCUT2D eigenvalue weighted by molar-refractivity contribution is 0.190. The number of hydrogen-bond acceptors (Lipinski definition) is 3. The summed E-state index contributed by atoms with van der Waals surface area (Å²) < 4.78 is 11.0. The normalized spacial score (nSPS) is 17.8. The van der Waals surface area contributed by atoms with Crippen molar-refractivity contribution < 1.29 is 9.47 Å². The largest absolute Gasteiger partial charge is 0.493 e. The first kappa shape index (κ1) is 15.6. The average Bonchev–Trinajstić information content (AvgIpc) is 2.43. The molecule has 104 valence electrons. The third-order valence-corrected chi connectivity index (χ3v) is 2.97. The molecule has 0 N–H and O–H groups in total. The average molecular weight is 282 g/mol. The van der Waals surface area contributed by atoms with Crippen molar-refractivity contribution in [1.82, 2.24) is 0 Å². The van der Waals surface area contributed by atoms with Crippen molar-refractivity contribution in [3.8, 4) is 0 Å². The molecular weight excluding hydrogens is 262 g/mol. The van der Waals surface area contributed by atoms with E-state index in [-0.39, 0.29) is 0 Å². The monoisotopic (exact) mass is 281 g/mol. The Balaban J connectivity index is 2.90. The van der Waals surface area contributed by atoms with Crippen LogP contribution in [0.25, 0.3) is 0 Å². The Labute approximate surface area is 120 Å². The van der Waals surface area contributed by atoms with Gasteiger partial charge in [-0.15, -0.1) is 0 Å². The molecule has 1 heterocycles. The summed E-state index contributed by atoms with van der Waals surface area (Å²) in [6, 6.07) is 0. The van der Waals surface area contributed by atoms with Gasteiger partial charge in [-0.05, 0) is 30.2 Å².